The highest BCUT2D eigenvalue weighted by Crippen LogP contribution is 2.42. The van der Waals surface area contributed by atoms with E-state index in [4.69, 9.17) is 28.1 Å². The Balaban J connectivity index is 1.15. The fraction of sp³-hybridized carbons (Fsp3) is 0.567. The van der Waals surface area contributed by atoms with E-state index in [1.807, 2.05) is 20.0 Å². The summed E-state index contributed by atoms with van der Waals surface area (Å²) in [5.41, 5.74) is 2.62. The van der Waals surface area contributed by atoms with Crippen LogP contribution in [0.4, 0.5) is 0 Å². The second-order valence-electron chi connectivity index (χ2n) is 13.4. The lowest BCUT2D eigenvalue weighted by molar-refractivity contribution is -0.00851. The molecule has 2 N–H and O–H groups in total. The molecule has 6 rings (SSSR count). The van der Waals surface area contributed by atoms with Gasteiger partial charge in [-0.2, -0.15) is 5.10 Å². The summed E-state index contributed by atoms with van der Waals surface area (Å²) in [5.74, 6) is -0.299. The van der Waals surface area contributed by atoms with Crippen LogP contribution >= 0.6 is 11.3 Å². The summed E-state index contributed by atoms with van der Waals surface area (Å²) in [4.78, 5) is 20.6. The van der Waals surface area contributed by atoms with Gasteiger partial charge in [-0.25, -0.2) is 9.50 Å². The lowest BCUT2D eigenvalue weighted by Gasteiger charge is -2.36. The van der Waals surface area contributed by atoms with Crippen LogP contribution < -0.4 is 16.2 Å². The van der Waals surface area contributed by atoms with Gasteiger partial charge in [-0.15, -0.1) is 11.3 Å². The van der Waals surface area contributed by atoms with Crippen LogP contribution in [0, 0.1) is 0 Å². The predicted molar refractivity (Wildman–Crippen MR) is 174 cm³/mol. The number of rotatable bonds is 11. The van der Waals surface area contributed by atoms with Crippen LogP contribution in [0.15, 0.2) is 30.0 Å². The van der Waals surface area contributed by atoms with E-state index in [-0.39, 0.29) is 11.6 Å². The fourth-order valence-corrected chi connectivity index (χ4v) is 6.56. The number of carbonyl (C=O) groups excluding carboxylic acids is 1. The van der Waals surface area contributed by atoms with E-state index in [0.717, 1.165) is 21.2 Å². The largest absolute Gasteiger partial charge is 0.498 e. The number of hydrogen-bond acceptors (Lipinski definition) is 10. The van der Waals surface area contributed by atoms with E-state index in [1.165, 1.54) is 0 Å². The zero-order chi connectivity index (χ0) is 32.2. The van der Waals surface area contributed by atoms with Gasteiger partial charge in [0.15, 0.2) is 11.3 Å². The predicted octanol–water partition coefficient (Wildman–Crippen LogP) is 2.49. The van der Waals surface area contributed by atoms with Gasteiger partial charge in [0.1, 0.15) is 0 Å². The molecule has 240 valence electrons. The molecule has 0 aliphatic carbocycles. The standard InChI is InChI=1S/C30H41B2N5O7S/c1-27(2)28(3,4)42-32(41-27)21-16-35-24-19(18-45-25(21)24)14-30(7)29(5,6)43-31(44-30)20-15-34-23-13-22(36-37(23)17-20)26(38)33-9-10-40-12-11-39-8/h13,15-18,35H,9-12,14H2,1-8H3,(H,33,38). The zero-order valence-electron chi connectivity index (χ0n) is 27.2. The monoisotopic (exact) mass is 637 g/mol. The number of carbonyl (C=O) groups is 1. The quantitative estimate of drug-likeness (QED) is 0.188. The van der Waals surface area contributed by atoms with Crippen molar-refractivity contribution < 1.29 is 32.9 Å². The molecular formula is C30H41B2N5O7S. The highest BCUT2D eigenvalue weighted by molar-refractivity contribution is 7.19. The number of aromatic amines is 1. The number of nitrogens with zero attached hydrogens (tertiary/aromatic N) is 3. The molecule has 6 heterocycles. The van der Waals surface area contributed by atoms with Crippen molar-refractivity contribution in [3.05, 3.63) is 41.3 Å². The van der Waals surface area contributed by atoms with Gasteiger partial charge in [-0.3, -0.25) is 4.79 Å². The van der Waals surface area contributed by atoms with Crippen molar-refractivity contribution in [3.63, 3.8) is 0 Å². The number of nitrogens with one attached hydrogen (secondary N) is 2. The Hall–Kier alpha value is -2.78. The molecule has 15 heteroatoms. The van der Waals surface area contributed by atoms with Gasteiger partial charge in [-0.1, -0.05) is 0 Å². The van der Waals surface area contributed by atoms with Gasteiger partial charge in [0.25, 0.3) is 5.91 Å². The van der Waals surface area contributed by atoms with Crippen LogP contribution in [0.1, 0.15) is 64.5 Å². The second kappa shape index (κ2) is 11.8. The molecule has 12 nitrogen and oxygen atoms in total. The average Bonchev–Trinajstić information content (AvgIpc) is 3.75. The molecule has 2 aliphatic rings. The number of methoxy groups -OCH3 is 1. The van der Waals surface area contributed by atoms with Crippen LogP contribution in [-0.2, 0) is 34.5 Å². The van der Waals surface area contributed by atoms with E-state index < -0.39 is 36.6 Å². The Labute approximate surface area is 267 Å². The summed E-state index contributed by atoms with van der Waals surface area (Å²) in [7, 11) is 0.517. The average molecular weight is 637 g/mol. The number of ether oxygens (including phenoxy) is 2. The third-order valence-electron chi connectivity index (χ3n) is 9.38. The summed E-state index contributed by atoms with van der Waals surface area (Å²) in [5, 5.41) is 9.42. The number of fused-ring (bicyclic) bond motifs is 2. The maximum Gasteiger partial charge on any atom is 0.498 e. The van der Waals surface area contributed by atoms with Gasteiger partial charge in [0, 0.05) is 55.7 Å². The van der Waals surface area contributed by atoms with Crippen molar-refractivity contribution in [2.24, 2.45) is 0 Å². The third kappa shape index (κ3) is 5.95. The van der Waals surface area contributed by atoms with Crippen LogP contribution in [0.3, 0.4) is 0 Å². The normalized spacial score (nSPS) is 22.2. The Morgan fingerprint density at radius 3 is 2.49 bits per heavy atom. The minimum Gasteiger partial charge on any atom is -0.399 e. The Morgan fingerprint density at radius 1 is 1.02 bits per heavy atom. The number of hydrogen-bond donors (Lipinski definition) is 2. The molecule has 2 aliphatic heterocycles. The molecule has 4 aromatic heterocycles. The lowest BCUT2D eigenvalue weighted by atomic mass is 9.80. The molecule has 4 aromatic rings. The first-order valence-electron chi connectivity index (χ1n) is 15.2. The highest BCUT2D eigenvalue weighted by Gasteiger charge is 2.55. The molecular weight excluding hydrogens is 596 g/mol. The molecule has 0 spiro atoms. The lowest BCUT2D eigenvalue weighted by Crippen LogP contribution is -2.46. The molecule has 0 saturated carbocycles. The first-order valence-corrected chi connectivity index (χ1v) is 16.1. The number of H-pyrrole nitrogens is 1. The molecule has 1 atom stereocenters. The SMILES string of the molecule is COCCOCCNC(=O)c1cc2ncc(B3OC(C)(C)C(C)(Cc4csc5c(B6OC(C)(C)C(C)(C)O6)c[nH]c45)O3)cn2n1. The summed E-state index contributed by atoms with van der Waals surface area (Å²) in [6.07, 6.45) is 6.12. The molecule has 2 saturated heterocycles. The van der Waals surface area contributed by atoms with Crippen LogP contribution in [0.5, 0.6) is 0 Å². The molecule has 2 fully saturated rings. The Bertz CT molecular complexity index is 1690. The number of amides is 1. The minimum atomic E-state index is -0.661. The second-order valence-corrected chi connectivity index (χ2v) is 14.2. The van der Waals surface area contributed by atoms with Crippen molar-refractivity contribution in [2.45, 2.75) is 77.3 Å². The molecule has 45 heavy (non-hydrogen) atoms. The number of thiophene rings is 1. The van der Waals surface area contributed by atoms with Gasteiger partial charge in [-0.05, 0) is 59.4 Å². The van der Waals surface area contributed by atoms with Crippen molar-refractivity contribution in [2.75, 3.05) is 33.5 Å². The molecule has 1 unspecified atom stereocenters. The molecule has 0 bridgehead atoms. The molecule has 1 amide bonds. The van der Waals surface area contributed by atoms with E-state index >= 15 is 0 Å². The zero-order valence-corrected chi connectivity index (χ0v) is 28.0. The van der Waals surface area contributed by atoms with Crippen molar-refractivity contribution in [1.29, 1.82) is 0 Å². The number of aromatic nitrogens is 4. The summed E-state index contributed by atoms with van der Waals surface area (Å²) in [6.45, 7) is 16.2. The Morgan fingerprint density at radius 2 is 1.76 bits per heavy atom. The highest BCUT2D eigenvalue weighted by atomic mass is 32.1. The molecule has 0 aromatic carbocycles. The van der Waals surface area contributed by atoms with Gasteiger partial charge in [0.2, 0.25) is 0 Å². The summed E-state index contributed by atoms with van der Waals surface area (Å²) >= 11 is 1.67. The minimum absolute atomic E-state index is 0.266. The topological polar surface area (TPSA) is 130 Å². The van der Waals surface area contributed by atoms with Crippen molar-refractivity contribution in [1.82, 2.24) is 24.9 Å². The van der Waals surface area contributed by atoms with Gasteiger partial charge >= 0.3 is 14.2 Å². The summed E-state index contributed by atoms with van der Waals surface area (Å²) in [6, 6.07) is 1.64. The van der Waals surface area contributed by atoms with Crippen LogP contribution in [0.25, 0.3) is 15.9 Å². The van der Waals surface area contributed by atoms with Crippen molar-refractivity contribution in [3.8, 4) is 0 Å². The van der Waals surface area contributed by atoms with Gasteiger partial charge < -0.3 is 38.4 Å². The van der Waals surface area contributed by atoms with E-state index in [0.29, 0.717) is 43.9 Å². The smallest absolute Gasteiger partial charge is 0.399 e. The van der Waals surface area contributed by atoms with Crippen molar-refractivity contribution >= 4 is 58.3 Å². The Kier molecular flexibility index (Phi) is 8.43. The fourth-order valence-electron chi connectivity index (χ4n) is 5.50. The van der Waals surface area contributed by atoms with E-state index in [9.17, 15) is 4.79 Å². The van der Waals surface area contributed by atoms with E-state index in [2.05, 4.69) is 60.4 Å². The first-order chi connectivity index (χ1) is 21.2. The van der Waals surface area contributed by atoms with Gasteiger partial charge in [0.05, 0.1) is 52.4 Å². The van der Waals surface area contributed by atoms with Crippen LogP contribution in [-0.4, -0.2) is 95.6 Å². The maximum absolute atomic E-state index is 12.6. The van der Waals surface area contributed by atoms with Crippen LogP contribution in [0.2, 0.25) is 0 Å². The third-order valence-corrected chi connectivity index (χ3v) is 10.5. The molecule has 0 radical (unpaired) electrons. The summed E-state index contributed by atoms with van der Waals surface area (Å²) < 4.78 is 38.9. The maximum atomic E-state index is 12.6. The van der Waals surface area contributed by atoms with E-state index in [1.54, 1.807) is 41.4 Å². The first kappa shape index (κ1) is 32.2.